The van der Waals surface area contributed by atoms with Gasteiger partial charge in [0.15, 0.2) is 0 Å². The third-order valence-electron chi connectivity index (χ3n) is 6.91. The number of benzene rings is 1. The fourth-order valence-corrected chi connectivity index (χ4v) is 4.93. The molecule has 0 spiro atoms. The van der Waals surface area contributed by atoms with Crippen LogP contribution in [0.25, 0.3) is 16.8 Å². The van der Waals surface area contributed by atoms with Crippen molar-refractivity contribution in [3.63, 3.8) is 0 Å². The molecule has 1 aromatic carbocycles. The van der Waals surface area contributed by atoms with E-state index >= 15 is 0 Å². The molecule has 3 aromatic heterocycles. The van der Waals surface area contributed by atoms with Gasteiger partial charge in [0.25, 0.3) is 0 Å². The highest BCUT2D eigenvalue weighted by molar-refractivity contribution is 5.70. The first-order chi connectivity index (χ1) is 17.4. The summed E-state index contributed by atoms with van der Waals surface area (Å²) in [6.45, 7) is -0.994. The Labute approximate surface area is 206 Å². The number of imidazole rings is 1. The third kappa shape index (κ3) is 4.91. The molecule has 1 saturated carbocycles. The molecule has 5 rings (SSSR count). The number of carbonyl (C=O) groups is 1. The van der Waals surface area contributed by atoms with Gasteiger partial charge in [0.1, 0.15) is 17.2 Å². The standard InChI is InChI=1S/C27H26F2N4O3/c1-16-22(12-19-4-2-3-5-23(19)36-27(28)29)33-15-20(10-11-24(33)32-16)21-13-30-25(31-14-21)17-6-8-18(9-7-17)26(34)35/h2-5,10-11,13-15,17-18,27H,6-9,12H2,1H3,(H,34,35)/t17-,18+. The highest BCUT2D eigenvalue weighted by Gasteiger charge is 2.28. The monoisotopic (exact) mass is 492 g/mol. The maximum absolute atomic E-state index is 12.9. The van der Waals surface area contributed by atoms with Crippen molar-refractivity contribution >= 4 is 11.6 Å². The van der Waals surface area contributed by atoms with E-state index in [1.807, 2.05) is 29.7 Å². The smallest absolute Gasteiger partial charge is 0.387 e. The van der Waals surface area contributed by atoms with E-state index < -0.39 is 12.6 Å². The molecule has 9 heteroatoms. The number of ether oxygens (including phenoxy) is 1. The van der Waals surface area contributed by atoms with E-state index in [-0.39, 0.29) is 17.6 Å². The lowest BCUT2D eigenvalue weighted by molar-refractivity contribution is -0.142. The van der Waals surface area contributed by atoms with Gasteiger partial charge in [0.05, 0.1) is 11.6 Å². The van der Waals surface area contributed by atoms with Crippen molar-refractivity contribution in [3.05, 3.63) is 77.8 Å². The topological polar surface area (TPSA) is 89.6 Å². The van der Waals surface area contributed by atoms with Crippen LogP contribution in [-0.2, 0) is 11.2 Å². The summed E-state index contributed by atoms with van der Waals surface area (Å²) >= 11 is 0. The zero-order valence-corrected chi connectivity index (χ0v) is 19.8. The molecule has 0 saturated heterocycles. The van der Waals surface area contributed by atoms with Crippen LogP contribution in [0.1, 0.15) is 54.4 Å². The number of hydrogen-bond acceptors (Lipinski definition) is 5. The SMILES string of the molecule is Cc1nc2ccc(-c3cnc([C@H]4CC[C@@H](C(=O)O)CC4)nc3)cn2c1Cc1ccccc1OC(F)F. The van der Waals surface area contributed by atoms with Crippen LogP contribution in [0.4, 0.5) is 8.78 Å². The van der Waals surface area contributed by atoms with Crippen molar-refractivity contribution < 1.29 is 23.4 Å². The molecule has 0 atom stereocenters. The second-order valence-electron chi connectivity index (χ2n) is 9.17. The molecular weight excluding hydrogens is 466 g/mol. The molecule has 0 aliphatic heterocycles. The summed E-state index contributed by atoms with van der Waals surface area (Å²) in [5, 5.41) is 9.21. The Morgan fingerprint density at radius 3 is 2.50 bits per heavy atom. The number of hydrogen-bond donors (Lipinski definition) is 1. The first kappa shape index (κ1) is 23.8. The van der Waals surface area contributed by atoms with Gasteiger partial charge in [-0.2, -0.15) is 8.78 Å². The number of halogens is 2. The minimum atomic E-state index is -2.89. The summed E-state index contributed by atoms with van der Waals surface area (Å²) in [5.74, 6) is 0.0849. The fourth-order valence-electron chi connectivity index (χ4n) is 4.93. The van der Waals surface area contributed by atoms with Gasteiger partial charge in [0, 0.05) is 53.3 Å². The molecule has 0 amide bonds. The first-order valence-corrected chi connectivity index (χ1v) is 11.9. The van der Waals surface area contributed by atoms with Gasteiger partial charge in [-0.3, -0.25) is 4.79 Å². The predicted octanol–water partition coefficient (Wildman–Crippen LogP) is 5.65. The van der Waals surface area contributed by atoms with E-state index in [4.69, 9.17) is 4.74 Å². The second kappa shape index (κ2) is 10.0. The number of rotatable bonds is 7. The number of aliphatic carboxylic acids is 1. The number of fused-ring (bicyclic) bond motifs is 1. The van der Waals surface area contributed by atoms with Gasteiger partial charge in [-0.05, 0) is 50.8 Å². The van der Waals surface area contributed by atoms with Crippen LogP contribution >= 0.6 is 0 Å². The van der Waals surface area contributed by atoms with Gasteiger partial charge in [-0.15, -0.1) is 0 Å². The largest absolute Gasteiger partial charge is 0.481 e. The Bertz CT molecular complexity index is 1380. The quantitative estimate of drug-likeness (QED) is 0.359. The van der Waals surface area contributed by atoms with Gasteiger partial charge in [0.2, 0.25) is 0 Å². The van der Waals surface area contributed by atoms with Gasteiger partial charge in [-0.1, -0.05) is 18.2 Å². The molecule has 1 aliphatic rings. The summed E-state index contributed by atoms with van der Waals surface area (Å²) in [6.07, 6.45) is 8.77. The lowest BCUT2D eigenvalue weighted by atomic mass is 9.81. The Morgan fingerprint density at radius 2 is 1.81 bits per heavy atom. The van der Waals surface area contributed by atoms with Crippen molar-refractivity contribution in [1.82, 2.24) is 19.4 Å². The summed E-state index contributed by atoms with van der Waals surface area (Å²) < 4.78 is 32.4. The highest BCUT2D eigenvalue weighted by Crippen LogP contribution is 2.34. The van der Waals surface area contributed by atoms with Gasteiger partial charge >= 0.3 is 12.6 Å². The van der Waals surface area contributed by atoms with Crippen molar-refractivity contribution in [3.8, 4) is 16.9 Å². The van der Waals surface area contributed by atoms with Gasteiger partial charge in [-0.25, -0.2) is 15.0 Å². The zero-order valence-electron chi connectivity index (χ0n) is 19.8. The summed E-state index contributed by atoms with van der Waals surface area (Å²) in [5.41, 5.74) is 4.84. The van der Waals surface area contributed by atoms with Crippen LogP contribution in [0.3, 0.4) is 0 Å². The number of nitrogens with zero attached hydrogens (tertiary/aromatic N) is 4. The van der Waals surface area contributed by atoms with Crippen molar-refractivity contribution in [2.24, 2.45) is 5.92 Å². The van der Waals surface area contributed by atoms with Crippen LogP contribution in [0.15, 0.2) is 55.0 Å². The molecule has 1 fully saturated rings. The molecule has 7 nitrogen and oxygen atoms in total. The van der Waals surface area contributed by atoms with Crippen molar-refractivity contribution in [2.45, 2.75) is 51.6 Å². The highest BCUT2D eigenvalue weighted by atomic mass is 19.3. The van der Waals surface area contributed by atoms with Crippen LogP contribution in [0, 0.1) is 12.8 Å². The summed E-state index contributed by atoms with van der Waals surface area (Å²) in [4.78, 5) is 25.0. The molecule has 3 heterocycles. The Hall–Kier alpha value is -3.88. The van der Waals surface area contributed by atoms with Crippen LogP contribution in [-0.4, -0.2) is 37.0 Å². The van der Waals surface area contributed by atoms with Crippen LogP contribution in [0.2, 0.25) is 0 Å². The fraction of sp³-hybridized carbons (Fsp3) is 0.333. The molecule has 1 aliphatic carbocycles. The lowest BCUT2D eigenvalue weighted by Gasteiger charge is -2.24. The Morgan fingerprint density at radius 1 is 1.08 bits per heavy atom. The van der Waals surface area contributed by atoms with E-state index in [0.29, 0.717) is 24.8 Å². The first-order valence-electron chi connectivity index (χ1n) is 11.9. The molecule has 36 heavy (non-hydrogen) atoms. The van der Waals surface area contributed by atoms with Crippen LogP contribution < -0.4 is 4.74 Å². The van der Waals surface area contributed by atoms with E-state index in [2.05, 4.69) is 15.0 Å². The van der Waals surface area contributed by atoms with E-state index in [1.54, 1.807) is 36.7 Å². The maximum atomic E-state index is 12.9. The molecule has 0 unspecified atom stereocenters. The molecule has 0 radical (unpaired) electrons. The molecule has 0 bridgehead atoms. The summed E-state index contributed by atoms with van der Waals surface area (Å²) in [7, 11) is 0. The van der Waals surface area contributed by atoms with E-state index in [0.717, 1.165) is 46.8 Å². The Balaban J connectivity index is 1.40. The second-order valence-corrected chi connectivity index (χ2v) is 9.17. The summed E-state index contributed by atoms with van der Waals surface area (Å²) in [6, 6.07) is 10.6. The number of carboxylic acids is 1. The predicted molar refractivity (Wildman–Crippen MR) is 129 cm³/mol. The van der Waals surface area contributed by atoms with E-state index in [9.17, 15) is 18.7 Å². The number of pyridine rings is 1. The number of aryl methyl sites for hydroxylation is 1. The van der Waals surface area contributed by atoms with Crippen molar-refractivity contribution in [1.29, 1.82) is 0 Å². The number of para-hydroxylation sites is 1. The average molecular weight is 493 g/mol. The zero-order chi connectivity index (χ0) is 25.2. The third-order valence-corrected chi connectivity index (χ3v) is 6.91. The molecular formula is C27H26F2N4O3. The normalized spacial score (nSPS) is 18.0. The number of aromatic nitrogens is 4. The van der Waals surface area contributed by atoms with Gasteiger partial charge < -0.3 is 14.2 Å². The minimum absolute atomic E-state index is 0.152. The average Bonchev–Trinajstić information content (AvgIpc) is 3.19. The van der Waals surface area contributed by atoms with Crippen molar-refractivity contribution in [2.75, 3.05) is 0 Å². The van der Waals surface area contributed by atoms with Crippen LogP contribution in [0.5, 0.6) is 5.75 Å². The molecule has 1 N–H and O–H groups in total. The Kier molecular flexibility index (Phi) is 6.63. The number of carboxylic acid groups (broad SMARTS) is 1. The molecule has 186 valence electrons. The molecule has 4 aromatic rings. The van der Waals surface area contributed by atoms with E-state index in [1.165, 1.54) is 0 Å². The maximum Gasteiger partial charge on any atom is 0.387 e. The number of alkyl halides is 2. The minimum Gasteiger partial charge on any atom is -0.481 e. The lowest BCUT2D eigenvalue weighted by Crippen LogP contribution is -2.21.